The SMILES string of the molecule is C=C[C@H]1CCCN1.[HH]. The molecule has 1 atom stereocenters. The van der Waals surface area contributed by atoms with E-state index in [1.165, 1.54) is 19.4 Å². The summed E-state index contributed by atoms with van der Waals surface area (Å²) in [4.78, 5) is 0. The molecule has 0 spiro atoms. The predicted molar refractivity (Wildman–Crippen MR) is 33.3 cm³/mol. The third-order valence-electron chi connectivity index (χ3n) is 1.38. The molecule has 0 aliphatic carbocycles. The van der Waals surface area contributed by atoms with E-state index >= 15 is 0 Å². The van der Waals surface area contributed by atoms with Crippen molar-refractivity contribution >= 4 is 0 Å². The molecule has 0 amide bonds. The van der Waals surface area contributed by atoms with E-state index in [1.54, 1.807) is 0 Å². The van der Waals surface area contributed by atoms with Crippen LogP contribution in [0, 0.1) is 0 Å². The molecule has 1 heterocycles. The van der Waals surface area contributed by atoms with Crippen molar-refractivity contribution in [1.82, 2.24) is 5.32 Å². The first-order valence-corrected chi connectivity index (χ1v) is 2.79. The summed E-state index contributed by atoms with van der Waals surface area (Å²) in [6.45, 7) is 4.86. The third kappa shape index (κ3) is 1.03. The molecule has 0 unspecified atom stereocenters. The second-order valence-electron chi connectivity index (χ2n) is 1.94. The highest BCUT2D eigenvalue weighted by molar-refractivity contribution is 4.88. The Balaban J connectivity index is 0.000000490. The lowest BCUT2D eigenvalue weighted by Crippen LogP contribution is -2.17. The Morgan fingerprint density at radius 1 is 1.86 bits per heavy atom. The smallest absolute Gasteiger partial charge is 0.0247 e. The lowest BCUT2D eigenvalue weighted by molar-refractivity contribution is 0.729. The van der Waals surface area contributed by atoms with Gasteiger partial charge in [0, 0.05) is 7.47 Å². The largest absolute Gasteiger partial charge is 0.311 e. The second-order valence-corrected chi connectivity index (χ2v) is 1.94. The molecular weight excluding hydrogens is 86.1 g/mol. The van der Waals surface area contributed by atoms with Gasteiger partial charge < -0.3 is 5.32 Å². The molecule has 1 aliphatic rings. The van der Waals surface area contributed by atoms with Gasteiger partial charge in [-0.1, -0.05) is 6.08 Å². The molecule has 0 radical (unpaired) electrons. The molecular formula is C6H13N. The minimum Gasteiger partial charge on any atom is -0.311 e. The molecule has 0 aromatic carbocycles. The van der Waals surface area contributed by atoms with Gasteiger partial charge in [0.1, 0.15) is 0 Å². The van der Waals surface area contributed by atoms with Gasteiger partial charge in [-0.25, -0.2) is 0 Å². The van der Waals surface area contributed by atoms with Crippen molar-refractivity contribution in [2.24, 2.45) is 0 Å². The lowest BCUT2D eigenvalue weighted by Gasteiger charge is -1.97. The van der Waals surface area contributed by atoms with Crippen molar-refractivity contribution in [2.45, 2.75) is 18.9 Å². The fourth-order valence-electron chi connectivity index (χ4n) is 0.913. The average molecular weight is 99.2 g/mol. The molecule has 1 heteroatoms. The van der Waals surface area contributed by atoms with Gasteiger partial charge in [0.25, 0.3) is 0 Å². The van der Waals surface area contributed by atoms with Gasteiger partial charge in [0.2, 0.25) is 0 Å². The summed E-state index contributed by atoms with van der Waals surface area (Å²) in [7, 11) is 0. The normalized spacial score (nSPS) is 30.6. The second kappa shape index (κ2) is 2.12. The van der Waals surface area contributed by atoms with Gasteiger partial charge in [-0.15, -0.1) is 6.58 Å². The Labute approximate surface area is 45.9 Å². The number of rotatable bonds is 1. The first-order chi connectivity index (χ1) is 3.43. The molecule has 0 aromatic heterocycles. The summed E-state index contributed by atoms with van der Waals surface area (Å²) < 4.78 is 0. The van der Waals surface area contributed by atoms with E-state index in [2.05, 4.69) is 11.9 Å². The minimum absolute atomic E-state index is 0. The lowest BCUT2D eigenvalue weighted by atomic mass is 10.2. The third-order valence-corrected chi connectivity index (χ3v) is 1.38. The van der Waals surface area contributed by atoms with E-state index in [4.69, 9.17) is 0 Å². The van der Waals surface area contributed by atoms with E-state index in [9.17, 15) is 0 Å². The Kier molecular flexibility index (Phi) is 1.47. The summed E-state index contributed by atoms with van der Waals surface area (Å²) in [5.74, 6) is 0. The summed E-state index contributed by atoms with van der Waals surface area (Å²) >= 11 is 0. The summed E-state index contributed by atoms with van der Waals surface area (Å²) in [5, 5.41) is 3.29. The topological polar surface area (TPSA) is 12.0 Å². The first-order valence-electron chi connectivity index (χ1n) is 2.79. The van der Waals surface area contributed by atoms with E-state index in [0.29, 0.717) is 6.04 Å². The number of nitrogens with one attached hydrogen (secondary N) is 1. The fraction of sp³-hybridized carbons (Fsp3) is 0.667. The van der Waals surface area contributed by atoms with Gasteiger partial charge in [-0.05, 0) is 19.4 Å². The van der Waals surface area contributed by atoms with Crippen LogP contribution >= 0.6 is 0 Å². The average Bonchev–Trinajstić information content (AvgIpc) is 2.14. The minimum atomic E-state index is 0. The number of hydrogen-bond donors (Lipinski definition) is 1. The van der Waals surface area contributed by atoms with Crippen LogP contribution in [0.5, 0.6) is 0 Å². The summed E-state index contributed by atoms with van der Waals surface area (Å²) in [6.07, 6.45) is 4.58. The van der Waals surface area contributed by atoms with Crippen LogP contribution in [0.2, 0.25) is 0 Å². The van der Waals surface area contributed by atoms with Crippen LogP contribution in [0.15, 0.2) is 12.7 Å². The fourth-order valence-corrected chi connectivity index (χ4v) is 0.913. The molecule has 0 bridgehead atoms. The molecule has 7 heavy (non-hydrogen) atoms. The summed E-state index contributed by atoms with van der Waals surface area (Å²) in [5.41, 5.74) is 0. The maximum Gasteiger partial charge on any atom is 0.0247 e. The molecule has 1 fully saturated rings. The van der Waals surface area contributed by atoms with E-state index in [0.717, 1.165) is 0 Å². The molecule has 1 nitrogen and oxygen atoms in total. The van der Waals surface area contributed by atoms with Crippen LogP contribution in [0.4, 0.5) is 0 Å². The van der Waals surface area contributed by atoms with E-state index in [1.807, 2.05) is 6.08 Å². The Morgan fingerprint density at radius 2 is 2.71 bits per heavy atom. The first kappa shape index (κ1) is 4.85. The molecule has 1 rings (SSSR count). The zero-order valence-corrected chi connectivity index (χ0v) is 4.48. The highest BCUT2D eigenvalue weighted by Crippen LogP contribution is 2.03. The molecule has 42 valence electrons. The Bertz CT molecular complexity index is 66.9. The van der Waals surface area contributed by atoms with Crippen LogP contribution in [-0.4, -0.2) is 12.6 Å². The van der Waals surface area contributed by atoms with Crippen molar-refractivity contribution in [1.29, 1.82) is 0 Å². The van der Waals surface area contributed by atoms with Gasteiger partial charge in [-0.2, -0.15) is 0 Å². The van der Waals surface area contributed by atoms with Crippen molar-refractivity contribution in [3.63, 3.8) is 0 Å². The van der Waals surface area contributed by atoms with Crippen molar-refractivity contribution < 1.29 is 1.43 Å². The monoisotopic (exact) mass is 99.1 g/mol. The van der Waals surface area contributed by atoms with Crippen molar-refractivity contribution in [2.75, 3.05) is 6.54 Å². The molecule has 1 saturated heterocycles. The quantitative estimate of drug-likeness (QED) is 0.486. The maximum absolute atomic E-state index is 3.68. The van der Waals surface area contributed by atoms with Crippen LogP contribution < -0.4 is 5.32 Å². The van der Waals surface area contributed by atoms with Gasteiger partial charge in [0.15, 0.2) is 0 Å². The standard InChI is InChI=1S/C6H11N.H2/c1-2-6-4-3-5-7-6;/h2,6-7H,1,3-5H2;1H/t6-;/m0./s1. The Morgan fingerprint density at radius 3 is 3.00 bits per heavy atom. The van der Waals surface area contributed by atoms with Crippen molar-refractivity contribution in [3.8, 4) is 0 Å². The highest BCUT2D eigenvalue weighted by atomic mass is 14.9. The van der Waals surface area contributed by atoms with Crippen LogP contribution in [0.25, 0.3) is 0 Å². The van der Waals surface area contributed by atoms with Gasteiger partial charge in [-0.3, -0.25) is 0 Å². The predicted octanol–water partition coefficient (Wildman–Crippen LogP) is 1.17. The summed E-state index contributed by atoms with van der Waals surface area (Å²) in [6, 6.07) is 0.611. The highest BCUT2D eigenvalue weighted by Gasteiger charge is 2.07. The molecule has 0 saturated carbocycles. The van der Waals surface area contributed by atoms with Crippen LogP contribution in [-0.2, 0) is 0 Å². The van der Waals surface area contributed by atoms with Crippen LogP contribution in [0.3, 0.4) is 0 Å². The molecule has 1 aliphatic heterocycles. The molecule has 1 N–H and O–H groups in total. The van der Waals surface area contributed by atoms with E-state index in [-0.39, 0.29) is 1.43 Å². The van der Waals surface area contributed by atoms with Crippen molar-refractivity contribution in [3.05, 3.63) is 12.7 Å². The maximum atomic E-state index is 3.68. The van der Waals surface area contributed by atoms with Gasteiger partial charge in [0.05, 0.1) is 0 Å². The zero-order valence-electron chi connectivity index (χ0n) is 4.48. The van der Waals surface area contributed by atoms with Gasteiger partial charge >= 0.3 is 0 Å². The van der Waals surface area contributed by atoms with E-state index < -0.39 is 0 Å². The number of hydrogen-bond acceptors (Lipinski definition) is 1. The van der Waals surface area contributed by atoms with Crippen LogP contribution in [0.1, 0.15) is 14.3 Å². The zero-order chi connectivity index (χ0) is 5.11. The Hall–Kier alpha value is -0.300. The molecule has 0 aromatic rings.